The summed E-state index contributed by atoms with van der Waals surface area (Å²) in [7, 11) is 0. The number of nitro groups is 1. The summed E-state index contributed by atoms with van der Waals surface area (Å²) in [6.45, 7) is 5.83. The van der Waals surface area contributed by atoms with Crippen LogP contribution in [0.4, 0.5) is 11.4 Å². The molecule has 2 atom stereocenters. The van der Waals surface area contributed by atoms with E-state index >= 15 is 0 Å². The van der Waals surface area contributed by atoms with Gasteiger partial charge in [0.25, 0.3) is 5.69 Å². The summed E-state index contributed by atoms with van der Waals surface area (Å²) in [4.78, 5) is 23.6. The molecule has 0 spiro atoms. The average molecular weight is 278 g/mol. The number of benzene rings is 1. The first-order valence-corrected chi connectivity index (χ1v) is 6.65. The zero-order valence-electron chi connectivity index (χ0n) is 11.6. The molecule has 1 fully saturated rings. The van der Waals surface area contributed by atoms with Gasteiger partial charge in [0.05, 0.1) is 16.2 Å². The molecule has 6 nitrogen and oxygen atoms in total. The first kappa shape index (κ1) is 14.3. The number of piperidine rings is 1. The van der Waals surface area contributed by atoms with Crippen molar-refractivity contribution >= 4 is 17.3 Å². The fourth-order valence-corrected chi connectivity index (χ4v) is 2.94. The minimum Gasteiger partial charge on any atom is -0.478 e. The maximum Gasteiger partial charge on any atom is 0.338 e. The van der Waals surface area contributed by atoms with Crippen LogP contribution in [-0.2, 0) is 0 Å². The Hall–Kier alpha value is -2.11. The van der Waals surface area contributed by atoms with Gasteiger partial charge in [0.1, 0.15) is 0 Å². The van der Waals surface area contributed by atoms with Crippen LogP contribution in [0.3, 0.4) is 0 Å². The standard InChI is InChI=1S/C14H18N2O4/c1-9-5-10(2)8-15(7-9)13-4-3-11(16(19)20)6-12(13)14(17)18/h3-4,6,9-10H,5,7-8H2,1-2H3,(H,17,18)/t9-,10-/m1/s1. The van der Waals surface area contributed by atoms with E-state index in [1.54, 1.807) is 6.07 Å². The predicted molar refractivity (Wildman–Crippen MR) is 75.2 cm³/mol. The van der Waals surface area contributed by atoms with Crippen LogP contribution in [0.1, 0.15) is 30.6 Å². The highest BCUT2D eigenvalue weighted by atomic mass is 16.6. The van der Waals surface area contributed by atoms with Crippen LogP contribution in [0, 0.1) is 22.0 Å². The van der Waals surface area contributed by atoms with Gasteiger partial charge in [0, 0.05) is 25.2 Å². The number of carbonyl (C=O) groups is 1. The summed E-state index contributed by atoms with van der Waals surface area (Å²) in [5, 5.41) is 20.1. The first-order chi connectivity index (χ1) is 9.38. The summed E-state index contributed by atoms with van der Waals surface area (Å²) in [5.74, 6) is -0.166. The molecule has 2 rings (SSSR count). The molecule has 0 unspecified atom stereocenters. The van der Waals surface area contributed by atoms with E-state index in [-0.39, 0.29) is 11.3 Å². The quantitative estimate of drug-likeness (QED) is 0.679. The van der Waals surface area contributed by atoms with Gasteiger partial charge >= 0.3 is 5.97 Å². The number of hydrogen-bond donors (Lipinski definition) is 1. The number of non-ortho nitro benzene ring substituents is 1. The van der Waals surface area contributed by atoms with Crippen molar-refractivity contribution in [2.24, 2.45) is 11.8 Å². The third kappa shape index (κ3) is 2.89. The van der Waals surface area contributed by atoms with Crippen molar-refractivity contribution in [1.29, 1.82) is 0 Å². The molecule has 0 bridgehead atoms. The van der Waals surface area contributed by atoms with Gasteiger partial charge in [0.15, 0.2) is 0 Å². The molecule has 1 N–H and O–H groups in total. The van der Waals surface area contributed by atoms with Crippen LogP contribution in [0.5, 0.6) is 0 Å². The lowest BCUT2D eigenvalue weighted by atomic mass is 9.91. The molecule has 0 aliphatic carbocycles. The van der Waals surface area contributed by atoms with E-state index in [0.717, 1.165) is 25.6 Å². The van der Waals surface area contributed by atoms with Gasteiger partial charge in [-0.15, -0.1) is 0 Å². The molecule has 0 saturated carbocycles. The topological polar surface area (TPSA) is 83.7 Å². The molecule has 1 saturated heterocycles. The minimum absolute atomic E-state index is 0.000463. The zero-order chi connectivity index (χ0) is 14.9. The molecule has 108 valence electrons. The largest absolute Gasteiger partial charge is 0.478 e. The van der Waals surface area contributed by atoms with Crippen LogP contribution in [0.25, 0.3) is 0 Å². The van der Waals surface area contributed by atoms with Gasteiger partial charge < -0.3 is 10.0 Å². The Kier molecular flexibility index (Phi) is 3.92. The van der Waals surface area contributed by atoms with Crippen LogP contribution in [0.2, 0.25) is 0 Å². The number of nitro benzene ring substituents is 1. The van der Waals surface area contributed by atoms with E-state index in [1.165, 1.54) is 6.07 Å². The van der Waals surface area contributed by atoms with Crippen molar-refractivity contribution in [3.8, 4) is 0 Å². The molecule has 1 heterocycles. The van der Waals surface area contributed by atoms with Crippen LogP contribution in [-0.4, -0.2) is 29.1 Å². The fraction of sp³-hybridized carbons (Fsp3) is 0.500. The highest BCUT2D eigenvalue weighted by Gasteiger charge is 2.26. The highest BCUT2D eigenvalue weighted by Crippen LogP contribution is 2.31. The van der Waals surface area contributed by atoms with E-state index in [0.29, 0.717) is 17.5 Å². The maximum absolute atomic E-state index is 11.4. The lowest BCUT2D eigenvalue weighted by molar-refractivity contribution is -0.384. The Morgan fingerprint density at radius 3 is 2.45 bits per heavy atom. The fourth-order valence-electron chi connectivity index (χ4n) is 2.94. The van der Waals surface area contributed by atoms with Gasteiger partial charge in [-0.25, -0.2) is 4.79 Å². The molecule has 1 aromatic rings. The summed E-state index contributed by atoms with van der Waals surface area (Å²) >= 11 is 0. The smallest absolute Gasteiger partial charge is 0.338 e. The number of aromatic carboxylic acids is 1. The lowest BCUT2D eigenvalue weighted by Crippen LogP contribution is -2.39. The van der Waals surface area contributed by atoms with Gasteiger partial charge in [-0.05, 0) is 24.3 Å². The Morgan fingerprint density at radius 1 is 1.35 bits per heavy atom. The van der Waals surface area contributed by atoms with Crippen molar-refractivity contribution in [1.82, 2.24) is 0 Å². The molecule has 20 heavy (non-hydrogen) atoms. The number of carboxylic acids is 1. The van der Waals surface area contributed by atoms with E-state index in [9.17, 15) is 20.0 Å². The normalized spacial score (nSPS) is 22.6. The third-order valence-electron chi connectivity index (χ3n) is 3.63. The molecule has 0 aromatic heterocycles. The summed E-state index contributed by atoms with van der Waals surface area (Å²) in [5.41, 5.74) is 0.381. The second-order valence-electron chi connectivity index (χ2n) is 5.61. The summed E-state index contributed by atoms with van der Waals surface area (Å²) < 4.78 is 0. The van der Waals surface area contributed by atoms with E-state index < -0.39 is 10.9 Å². The number of rotatable bonds is 3. The zero-order valence-corrected chi connectivity index (χ0v) is 11.6. The molecule has 1 aliphatic heterocycles. The monoisotopic (exact) mass is 278 g/mol. The predicted octanol–water partition coefficient (Wildman–Crippen LogP) is 2.78. The maximum atomic E-state index is 11.4. The summed E-state index contributed by atoms with van der Waals surface area (Å²) in [6, 6.07) is 4.06. The van der Waals surface area contributed by atoms with Crippen molar-refractivity contribution in [2.45, 2.75) is 20.3 Å². The summed E-state index contributed by atoms with van der Waals surface area (Å²) in [6.07, 6.45) is 1.12. The van der Waals surface area contributed by atoms with Crippen molar-refractivity contribution < 1.29 is 14.8 Å². The molecule has 1 aromatic carbocycles. The minimum atomic E-state index is -1.13. The number of anilines is 1. The molecular weight excluding hydrogens is 260 g/mol. The first-order valence-electron chi connectivity index (χ1n) is 6.65. The highest BCUT2D eigenvalue weighted by molar-refractivity contribution is 5.95. The molecule has 6 heteroatoms. The van der Waals surface area contributed by atoms with Crippen molar-refractivity contribution in [3.05, 3.63) is 33.9 Å². The molecule has 0 amide bonds. The van der Waals surface area contributed by atoms with Gasteiger partial charge in [-0.1, -0.05) is 13.8 Å². The Balaban J connectivity index is 2.40. The Bertz CT molecular complexity index is 534. The lowest BCUT2D eigenvalue weighted by Gasteiger charge is -2.37. The molecular formula is C14H18N2O4. The van der Waals surface area contributed by atoms with Crippen LogP contribution >= 0.6 is 0 Å². The van der Waals surface area contributed by atoms with Crippen LogP contribution < -0.4 is 4.90 Å². The van der Waals surface area contributed by atoms with Gasteiger partial charge in [0.2, 0.25) is 0 Å². The Morgan fingerprint density at radius 2 is 1.95 bits per heavy atom. The van der Waals surface area contributed by atoms with E-state index in [2.05, 4.69) is 13.8 Å². The van der Waals surface area contributed by atoms with Crippen LogP contribution in [0.15, 0.2) is 18.2 Å². The Labute approximate surface area is 117 Å². The second kappa shape index (κ2) is 5.48. The number of carboxylic acid groups (broad SMARTS) is 1. The third-order valence-corrected chi connectivity index (χ3v) is 3.63. The SMILES string of the molecule is C[C@@H]1C[C@@H](C)CN(c2ccc([N+](=O)[O-])cc2C(=O)O)C1. The van der Waals surface area contributed by atoms with E-state index in [1.807, 2.05) is 4.90 Å². The number of nitrogens with zero attached hydrogens (tertiary/aromatic N) is 2. The molecule has 1 aliphatic rings. The molecule has 0 radical (unpaired) electrons. The van der Waals surface area contributed by atoms with Crippen molar-refractivity contribution in [3.63, 3.8) is 0 Å². The van der Waals surface area contributed by atoms with Crippen molar-refractivity contribution in [2.75, 3.05) is 18.0 Å². The second-order valence-corrected chi connectivity index (χ2v) is 5.61. The average Bonchev–Trinajstić information content (AvgIpc) is 2.36. The number of hydrogen-bond acceptors (Lipinski definition) is 4. The van der Waals surface area contributed by atoms with Gasteiger partial charge in [-0.3, -0.25) is 10.1 Å². The van der Waals surface area contributed by atoms with E-state index in [4.69, 9.17) is 0 Å². The van der Waals surface area contributed by atoms with Gasteiger partial charge in [-0.2, -0.15) is 0 Å².